The van der Waals surface area contributed by atoms with Crippen molar-refractivity contribution in [3.8, 4) is 0 Å². The van der Waals surface area contributed by atoms with Crippen LogP contribution < -0.4 is 0 Å². The predicted octanol–water partition coefficient (Wildman–Crippen LogP) is 2.08. The SMILES string of the molecule is COC[SiH](CCCI)SC. The maximum absolute atomic E-state index is 5.13. The number of alkyl halides is 1. The van der Waals surface area contributed by atoms with Gasteiger partial charge in [-0.15, -0.1) is 0 Å². The average Bonchev–Trinajstić information content (AvgIpc) is 1.98. The van der Waals surface area contributed by atoms with E-state index in [0.29, 0.717) is 0 Å². The molecule has 0 aliphatic rings. The van der Waals surface area contributed by atoms with Crippen molar-refractivity contribution < 1.29 is 4.74 Å². The maximum atomic E-state index is 5.13. The molecule has 10 heavy (non-hydrogen) atoms. The number of rotatable bonds is 6. The summed E-state index contributed by atoms with van der Waals surface area (Å²) >= 11 is 4.48. The molecular weight excluding hydrogens is 275 g/mol. The van der Waals surface area contributed by atoms with Gasteiger partial charge in [-0.05, 0) is 23.1 Å². The Morgan fingerprint density at radius 1 is 1.60 bits per heavy atom. The van der Waals surface area contributed by atoms with Gasteiger partial charge in [-0.3, -0.25) is 0 Å². The van der Waals surface area contributed by atoms with Gasteiger partial charge >= 0.3 is 0 Å². The molecule has 0 saturated heterocycles. The Morgan fingerprint density at radius 3 is 2.70 bits per heavy atom. The first-order valence-electron chi connectivity index (χ1n) is 3.42. The van der Waals surface area contributed by atoms with E-state index in [-0.39, 0.29) is 0 Å². The van der Waals surface area contributed by atoms with Crippen molar-refractivity contribution in [1.29, 1.82) is 0 Å². The first-order chi connectivity index (χ1) is 4.85. The Morgan fingerprint density at radius 2 is 2.30 bits per heavy atom. The van der Waals surface area contributed by atoms with Gasteiger partial charge in [0.25, 0.3) is 0 Å². The third kappa shape index (κ3) is 6.00. The van der Waals surface area contributed by atoms with Crippen LogP contribution in [-0.4, -0.2) is 32.0 Å². The van der Waals surface area contributed by atoms with Gasteiger partial charge in [-0.25, -0.2) is 0 Å². The zero-order chi connectivity index (χ0) is 7.82. The molecule has 1 unspecified atom stereocenters. The first-order valence-corrected chi connectivity index (χ1v) is 9.29. The highest BCUT2D eigenvalue weighted by atomic mass is 127. The number of hydrogen-bond acceptors (Lipinski definition) is 2. The second-order valence-corrected chi connectivity index (χ2v) is 9.26. The zero-order valence-corrected chi connectivity index (χ0v) is 10.7. The molecule has 0 N–H and O–H groups in total. The molecule has 0 saturated carbocycles. The quantitative estimate of drug-likeness (QED) is 0.421. The number of hydrogen-bond donors (Lipinski definition) is 0. The lowest BCUT2D eigenvalue weighted by molar-refractivity contribution is 0.250. The Hall–Kier alpha value is 1.26. The van der Waals surface area contributed by atoms with E-state index in [4.69, 9.17) is 4.74 Å². The van der Waals surface area contributed by atoms with Crippen LogP contribution in [0, 0.1) is 0 Å². The fourth-order valence-corrected chi connectivity index (χ4v) is 5.62. The molecule has 0 aromatic carbocycles. The highest BCUT2D eigenvalue weighted by molar-refractivity contribution is 14.1. The zero-order valence-electron chi connectivity index (χ0n) is 6.60. The maximum Gasteiger partial charge on any atom is 0.129 e. The third-order valence-electron chi connectivity index (χ3n) is 1.35. The van der Waals surface area contributed by atoms with Crippen LogP contribution in [0.15, 0.2) is 0 Å². The fourth-order valence-electron chi connectivity index (χ4n) is 0.760. The molecule has 1 atom stereocenters. The summed E-state index contributed by atoms with van der Waals surface area (Å²) < 4.78 is 6.43. The van der Waals surface area contributed by atoms with Crippen LogP contribution in [0.3, 0.4) is 0 Å². The van der Waals surface area contributed by atoms with Crippen molar-refractivity contribution in [3.63, 3.8) is 0 Å². The molecule has 0 amide bonds. The number of halogens is 1. The molecule has 0 aliphatic heterocycles. The summed E-state index contributed by atoms with van der Waals surface area (Å²) in [6.07, 6.45) is 4.63. The van der Waals surface area contributed by atoms with E-state index < -0.39 is 7.95 Å². The third-order valence-corrected chi connectivity index (χ3v) is 7.65. The minimum absolute atomic E-state index is 0.541. The molecule has 0 aromatic heterocycles. The van der Waals surface area contributed by atoms with Gasteiger partial charge in [0.1, 0.15) is 7.95 Å². The highest BCUT2D eigenvalue weighted by Crippen LogP contribution is 2.10. The average molecular weight is 290 g/mol. The van der Waals surface area contributed by atoms with E-state index in [0.717, 1.165) is 6.23 Å². The molecule has 0 aromatic rings. The molecule has 62 valence electrons. The summed E-state index contributed by atoms with van der Waals surface area (Å²) in [4.78, 5) is 0. The predicted molar refractivity (Wildman–Crippen MR) is 60.9 cm³/mol. The Kier molecular flexibility index (Phi) is 9.40. The minimum Gasteiger partial charge on any atom is -0.387 e. The summed E-state index contributed by atoms with van der Waals surface area (Å²) in [5, 5.41) is 0. The van der Waals surface area contributed by atoms with Gasteiger partial charge in [0, 0.05) is 13.3 Å². The van der Waals surface area contributed by atoms with E-state index >= 15 is 0 Å². The molecule has 0 heterocycles. The van der Waals surface area contributed by atoms with Gasteiger partial charge in [-0.1, -0.05) is 22.6 Å². The van der Waals surface area contributed by atoms with Crippen molar-refractivity contribution in [2.45, 2.75) is 12.5 Å². The minimum atomic E-state index is -0.541. The van der Waals surface area contributed by atoms with Gasteiger partial charge < -0.3 is 4.74 Å². The van der Waals surface area contributed by atoms with Crippen LogP contribution in [0.1, 0.15) is 6.42 Å². The number of methoxy groups -OCH3 is 1. The summed E-state index contributed by atoms with van der Waals surface area (Å²) in [5.74, 6) is 0. The molecule has 0 rings (SSSR count). The normalized spacial score (nSPS) is 13.5. The number of ether oxygens (including phenoxy) is 1. The smallest absolute Gasteiger partial charge is 0.129 e. The van der Waals surface area contributed by atoms with Gasteiger partial charge in [0.2, 0.25) is 0 Å². The highest BCUT2D eigenvalue weighted by Gasteiger charge is 2.06. The van der Waals surface area contributed by atoms with Crippen molar-refractivity contribution in [1.82, 2.24) is 0 Å². The molecule has 1 nitrogen and oxygen atoms in total. The van der Waals surface area contributed by atoms with Gasteiger partial charge in [0.05, 0.1) is 0 Å². The van der Waals surface area contributed by atoms with E-state index in [1.54, 1.807) is 7.11 Å². The molecule has 0 radical (unpaired) electrons. The van der Waals surface area contributed by atoms with Crippen molar-refractivity contribution in [3.05, 3.63) is 0 Å². The van der Waals surface area contributed by atoms with Crippen LogP contribution in [-0.2, 0) is 4.74 Å². The van der Waals surface area contributed by atoms with Crippen LogP contribution >= 0.6 is 33.8 Å². The molecule has 0 fully saturated rings. The lowest BCUT2D eigenvalue weighted by Gasteiger charge is -2.09. The van der Waals surface area contributed by atoms with Crippen LogP contribution in [0.2, 0.25) is 6.04 Å². The summed E-state index contributed by atoms with van der Waals surface area (Å²) in [7, 11) is 1.26. The van der Waals surface area contributed by atoms with Crippen LogP contribution in [0.5, 0.6) is 0 Å². The molecule has 0 aliphatic carbocycles. The van der Waals surface area contributed by atoms with Crippen molar-refractivity contribution in [2.24, 2.45) is 0 Å². The van der Waals surface area contributed by atoms with Crippen LogP contribution in [0.25, 0.3) is 0 Å². The fraction of sp³-hybridized carbons (Fsp3) is 1.00. The Labute approximate surface area is 82.7 Å². The second kappa shape index (κ2) is 8.35. The van der Waals surface area contributed by atoms with E-state index in [2.05, 4.69) is 28.8 Å². The molecular formula is C6H15IOSSi. The summed E-state index contributed by atoms with van der Waals surface area (Å²) in [6.45, 7) is 0. The topological polar surface area (TPSA) is 9.23 Å². The second-order valence-electron chi connectivity index (χ2n) is 2.14. The monoisotopic (exact) mass is 290 g/mol. The van der Waals surface area contributed by atoms with Gasteiger partial charge in [-0.2, -0.15) is 11.2 Å². The largest absolute Gasteiger partial charge is 0.387 e. The van der Waals surface area contributed by atoms with E-state index in [1.807, 2.05) is 11.2 Å². The summed E-state index contributed by atoms with van der Waals surface area (Å²) in [5.41, 5.74) is 0. The molecule has 4 heteroatoms. The van der Waals surface area contributed by atoms with E-state index in [9.17, 15) is 0 Å². The first kappa shape index (κ1) is 11.3. The summed E-state index contributed by atoms with van der Waals surface area (Å²) in [6, 6.07) is 1.43. The van der Waals surface area contributed by atoms with Gasteiger partial charge in [0.15, 0.2) is 0 Å². The Bertz CT molecular complexity index is 74.8. The molecule has 0 bridgehead atoms. The van der Waals surface area contributed by atoms with E-state index in [1.165, 1.54) is 16.9 Å². The van der Waals surface area contributed by atoms with Crippen LogP contribution in [0.4, 0.5) is 0 Å². The standard InChI is InChI=1S/C6H15IOSSi/c1-8-6-10(9-2)5-3-4-7/h10H,3-6H2,1-2H3. The van der Waals surface area contributed by atoms with Crippen molar-refractivity contribution in [2.75, 3.05) is 24.0 Å². The molecule has 0 spiro atoms. The lowest BCUT2D eigenvalue weighted by Crippen LogP contribution is -2.15. The van der Waals surface area contributed by atoms with Crippen molar-refractivity contribution >= 4 is 41.7 Å². The lowest BCUT2D eigenvalue weighted by atomic mass is 10.6. The Balaban J connectivity index is 3.21.